The number of para-hydroxylation sites is 2. The highest BCUT2D eigenvalue weighted by atomic mass is 16.5. The average Bonchev–Trinajstić information content (AvgIpc) is 2.76. The van der Waals surface area contributed by atoms with Gasteiger partial charge in [-0.1, -0.05) is 48.5 Å². The standard InChI is InChI=1S/C24H22N2O3/c27-24(28)16-13-19-11-14-22(15-12-19)29-23(17-25-20-7-3-1-4-8-20)18-26-21-9-5-2-6-10-21/h1-12,14-15,17-18,25H,13,16H2,(H,27,28)/b23-17-,26-18+. The molecule has 3 aromatic rings. The number of carboxylic acid groups (broad SMARTS) is 1. The Kier molecular flexibility index (Phi) is 7.18. The summed E-state index contributed by atoms with van der Waals surface area (Å²) in [4.78, 5) is 15.2. The van der Waals surface area contributed by atoms with Crippen molar-refractivity contribution in [2.75, 3.05) is 5.32 Å². The number of aliphatic imine (C=N–C) groups is 1. The molecule has 0 bridgehead atoms. The van der Waals surface area contributed by atoms with Crippen molar-refractivity contribution in [1.29, 1.82) is 0 Å². The summed E-state index contributed by atoms with van der Waals surface area (Å²) < 4.78 is 5.97. The number of carbonyl (C=O) groups is 1. The normalized spacial score (nSPS) is 11.4. The highest BCUT2D eigenvalue weighted by Crippen LogP contribution is 2.17. The van der Waals surface area contributed by atoms with Gasteiger partial charge in [0, 0.05) is 18.3 Å². The van der Waals surface area contributed by atoms with Gasteiger partial charge in [-0.2, -0.15) is 0 Å². The lowest BCUT2D eigenvalue weighted by atomic mass is 10.1. The molecular formula is C24H22N2O3. The van der Waals surface area contributed by atoms with Crippen LogP contribution in [0.4, 0.5) is 11.4 Å². The van der Waals surface area contributed by atoms with Crippen LogP contribution >= 0.6 is 0 Å². The Hall–Kier alpha value is -3.86. The molecule has 5 nitrogen and oxygen atoms in total. The molecular weight excluding hydrogens is 364 g/mol. The minimum Gasteiger partial charge on any atom is -0.481 e. The second-order valence-electron chi connectivity index (χ2n) is 6.29. The summed E-state index contributed by atoms with van der Waals surface area (Å²) >= 11 is 0. The molecule has 0 amide bonds. The Bertz CT molecular complexity index is 966. The number of aliphatic carboxylic acids is 1. The van der Waals surface area contributed by atoms with Gasteiger partial charge in [0.05, 0.1) is 11.9 Å². The number of nitrogens with one attached hydrogen (secondary N) is 1. The lowest BCUT2D eigenvalue weighted by molar-refractivity contribution is -0.136. The van der Waals surface area contributed by atoms with E-state index in [1.54, 1.807) is 12.4 Å². The van der Waals surface area contributed by atoms with Gasteiger partial charge in [0.25, 0.3) is 0 Å². The van der Waals surface area contributed by atoms with E-state index in [9.17, 15) is 4.79 Å². The van der Waals surface area contributed by atoms with E-state index in [4.69, 9.17) is 9.84 Å². The SMILES string of the molecule is O=C(O)CCc1ccc(OC(=C\Nc2ccccc2)/C=N/c2ccccc2)cc1. The van der Waals surface area contributed by atoms with E-state index < -0.39 is 5.97 Å². The van der Waals surface area contributed by atoms with Crippen LogP contribution in [-0.4, -0.2) is 17.3 Å². The predicted molar refractivity (Wildman–Crippen MR) is 116 cm³/mol. The third-order valence-electron chi connectivity index (χ3n) is 4.04. The fourth-order valence-corrected chi connectivity index (χ4v) is 2.55. The maximum Gasteiger partial charge on any atom is 0.303 e. The van der Waals surface area contributed by atoms with Crippen molar-refractivity contribution in [3.63, 3.8) is 0 Å². The van der Waals surface area contributed by atoms with Crippen molar-refractivity contribution in [2.24, 2.45) is 4.99 Å². The van der Waals surface area contributed by atoms with E-state index in [0.717, 1.165) is 16.9 Å². The molecule has 2 N–H and O–H groups in total. The number of benzene rings is 3. The number of ether oxygens (including phenoxy) is 1. The summed E-state index contributed by atoms with van der Waals surface area (Å²) in [5.74, 6) is 0.375. The van der Waals surface area contributed by atoms with Gasteiger partial charge in [0.1, 0.15) is 5.75 Å². The van der Waals surface area contributed by atoms with Crippen LogP contribution < -0.4 is 10.1 Å². The first kappa shape index (κ1) is 19.9. The van der Waals surface area contributed by atoms with Gasteiger partial charge in [-0.3, -0.25) is 9.79 Å². The molecule has 0 spiro atoms. The summed E-state index contributed by atoms with van der Waals surface area (Å²) in [6.07, 6.45) is 4.00. The van der Waals surface area contributed by atoms with Crippen molar-refractivity contribution in [1.82, 2.24) is 0 Å². The molecule has 3 rings (SSSR count). The van der Waals surface area contributed by atoms with E-state index in [-0.39, 0.29) is 6.42 Å². The van der Waals surface area contributed by atoms with Crippen LogP contribution in [0.2, 0.25) is 0 Å². The fourth-order valence-electron chi connectivity index (χ4n) is 2.55. The minimum absolute atomic E-state index is 0.107. The van der Waals surface area contributed by atoms with Gasteiger partial charge in [-0.05, 0) is 48.4 Å². The van der Waals surface area contributed by atoms with Gasteiger partial charge >= 0.3 is 5.97 Å². The quantitative estimate of drug-likeness (QED) is 0.379. The molecule has 0 aromatic heterocycles. The molecule has 0 heterocycles. The molecule has 0 saturated carbocycles. The zero-order valence-electron chi connectivity index (χ0n) is 15.9. The Morgan fingerprint density at radius 3 is 2.24 bits per heavy atom. The molecule has 0 fully saturated rings. The van der Waals surface area contributed by atoms with Crippen LogP contribution in [0.15, 0.2) is 102 Å². The van der Waals surface area contributed by atoms with Crippen LogP contribution in [0.3, 0.4) is 0 Å². The number of anilines is 1. The highest BCUT2D eigenvalue weighted by Gasteiger charge is 2.02. The summed E-state index contributed by atoms with van der Waals surface area (Å²) in [6.45, 7) is 0. The van der Waals surface area contributed by atoms with Crippen molar-refractivity contribution in [3.05, 3.63) is 102 Å². The van der Waals surface area contributed by atoms with Crippen molar-refractivity contribution in [3.8, 4) is 5.75 Å². The molecule has 0 atom stereocenters. The van der Waals surface area contributed by atoms with Gasteiger partial charge in [-0.15, -0.1) is 0 Å². The zero-order chi connectivity index (χ0) is 20.3. The molecule has 0 aliphatic rings. The molecule has 0 aliphatic heterocycles. The van der Waals surface area contributed by atoms with Gasteiger partial charge in [-0.25, -0.2) is 0 Å². The average molecular weight is 386 g/mol. The fraction of sp³-hybridized carbons (Fsp3) is 0.0833. The smallest absolute Gasteiger partial charge is 0.303 e. The Labute approximate surface area is 170 Å². The third kappa shape index (κ3) is 6.99. The molecule has 146 valence electrons. The van der Waals surface area contributed by atoms with E-state index in [0.29, 0.717) is 17.9 Å². The predicted octanol–water partition coefficient (Wildman–Crippen LogP) is 5.44. The van der Waals surface area contributed by atoms with E-state index in [1.807, 2.05) is 84.9 Å². The Morgan fingerprint density at radius 2 is 1.59 bits per heavy atom. The number of allylic oxidation sites excluding steroid dienone is 1. The maximum atomic E-state index is 10.7. The minimum atomic E-state index is -0.806. The number of aryl methyl sites for hydroxylation is 1. The number of rotatable bonds is 9. The third-order valence-corrected chi connectivity index (χ3v) is 4.04. The molecule has 0 saturated heterocycles. The Balaban J connectivity index is 1.73. The number of hydrogen-bond acceptors (Lipinski definition) is 4. The van der Waals surface area contributed by atoms with Crippen LogP contribution in [-0.2, 0) is 11.2 Å². The maximum absolute atomic E-state index is 10.7. The lowest BCUT2D eigenvalue weighted by Crippen LogP contribution is -2.01. The van der Waals surface area contributed by atoms with Crippen molar-refractivity contribution in [2.45, 2.75) is 12.8 Å². The van der Waals surface area contributed by atoms with E-state index in [1.165, 1.54) is 0 Å². The monoisotopic (exact) mass is 386 g/mol. The van der Waals surface area contributed by atoms with Crippen molar-refractivity contribution >= 4 is 23.6 Å². The molecule has 5 heteroatoms. The van der Waals surface area contributed by atoms with Gasteiger partial charge in [0.15, 0.2) is 5.76 Å². The van der Waals surface area contributed by atoms with Crippen molar-refractivity contribution < 1.29 is 14.6 Å². The summed E-state index contributed by atoms with van der Waals surface area (Å²) in [5.41, 5.74) is 2.71. The van der Waals surface area contributed by atoms with Crippen LogP contribution in [0, 0.1) is 0 Å². The topological polar surface area (TPSA) is 70.9 Å². The first-order valence-electron chi connectivity index (χ1n) is 9.28. The van der Waals surface area contributed by atoms with E-state index in [2.05, 4.69) is 10.3 Å². The van der Waals surface area contributed by atoms with Gasteiger partial charge in [0.2, 0.25) is 0 Å². The number of nitrogens with zero attached hydrogens (tertiary/aromatic N) is 1. The van der Waals surface area contributed by atoms with Crippen LogP contribution in [0.5, 0.6) is 5.75 Å². The highest BCUT2D eigenvalue weighted by molar-refractivity contribution is 5.80. The summed E-state index contributed by atoms with van der Waals surface area (Å²) in [5, 5.41) is 12.0. The van der Waals surface area contributed by atoms with Crippen LogP contribution in [0.1, 0.15) is 12.0 Å². The first-order valence-corrected chi connectivity index (χ1v) is 9.28. The Morgan fingerprint density at radius 1 is 0.931 bits per heavy atom. The number of hydrogen-bond donors (Lipinski definition) is 2. The zero-order valence-corrected chi connectivity index (χ0v) is 15.9. The van der Waals surface area contributed by atoms with E-state index >= 15 is 0 Å². The second-order valence-corrected chi connectivity index (χ2v) is 6.29. The molecule has 29 heavy (non-hydrogen) atoms. The second kappa shape index (κ2) is 10.5. The molecule has 0 aliphatic carbocycles. The largest absolute Gasteiger partial charge is 0.481 e. The van der Waals surface area contributed by atoms with Gasteiger partial charge < -0.3 is 15.2 Å². The first-order chi connectivity index (χ1) is 14.2. The number of carboxylic acids is 1. The summed E-state index contributed by atoms with van der Waals surface area (Å²) in [6, 6.07) is 26.8. The molecule has 0 unspecified atom stereocenters. The molecule has 3 aromatic carbocycles. The molecule has 0 radical (unpaired) electrons. The summed E-state index contributed by atoms with van der Waals surface area (Å²) in [7, 11) is 0. The lowest BCUT2D eigenvalue weighted by Gasteiger charge is -2.08. The van der Waals surface area contributed by atoms with Crippen LogP contribution in [0.25, 0.3) is 0 Å².